The van der Waals surface area contributed by atoms with Crippen molar-refractivity contribution in [2.24, 2.45) is 0 Å². The van der Waals surface area contributed by atoms with E-state index in [1.54, 1.807) is 12.1 Å². The zero-order chi connectivity index (χ0) is 13.5. The van der Waals surface area contributed by atoms with Crippen LogP contribution in [-0.2, 0) is 9.59 Å². The van der Waals surface area contributed by atoms with Crippen molar-refractivity contribution in [3.05, 3.63) is 39.9 Å². The Balaban J connectivity index is 2.94. The molecular formula is C14H15BrO3. The second kappa shape index (κ2) is 7.11. The van der Waals surface area contributed by atoms with Crippen LogP contribution >= 0.6 is 15.9 Å². The Bertz CT molecular complexity index is 460. The summed E-state index contributed by atoms with van der Waals surface area (Å²) in [5, 5.41) is 9.06. The lowest BCUT2D eigenvalue weighted by atomic mass is 10.0. The maximum absolute atomic E-state index is 11.8. The van der Waals surface area contributed by atoms with Gasteiger partial charge in [-0.1, -0.05) is 41.4 Å². The highest BCUT2D eigenvalue weighted by Crippen LogP contribution is 2.15. The number of halogens is 1. The molecule has 0 fully saturated rings. The lowest BCUT2D eigenvalue weighted by Gasteiger charge is -2.02. The van der Waals surface area contributed by atoms with Crippen LogP contribution in [0.1, 0.15) is 31.7 Å². The molecule has 0 unspecified atom stereocenters. The average molecular weight is 311 g/mol. The topological polar surface area (TPSA) is 54.4 Å². The molecule has 1 N–H and O–H groups in total. The number of carboxylic acids is 1. The van der Waals surface area contributed by atoms with E-state index < -0.39 is 5.97 Å². The second-order valence-electron chi connectivity index (χ2n) is 3.94. The summed E-state index contributed by atoms with van der Waals surface area (Å²) in [6.45, 7) is 1.96. The number of hydrogen-bond acceptors (Lipinski definition) is 2. The van der Waals surface area contributed by atoms with Gasteiger partial charge in [-0.05, 0) is 30.2 Å². The van der Waals surface area contributed by atoms with Gasteiger partial charge in [0.05, 0.1) is 0 Å². The summed E-state index contributed by atoms with van der Waals surface area (Å²) in [7, 11) is 0. The first-order valence-corrected chi connectivity index (χ1v) is 6.57. The van der Waals surface area contributed by atoms with Crippen LogP contribution in [0.25, 0.3) is 6.08 Å². The van der Waals surface area contributed by atoms with Gasteiger partial charge < -0.3 is 5.11 Å². The molecule has 0 aliphatic rings. The number of benzene rings is 1. The van der Waals surface area contributed by atoms with Gasteiger partial charge in [-0.3, -0.25) is 4.79 Å². The van der Waals surface area contributed by atoms with Crippen molar-refractivity contribution < 1.29 is 14.7 Å². The van der Waals surface area contributed by atoms with Gasteiger partial charge in [0, 0.05) is 10.9 Å². The van der Waals surface area contributed by atoms with E-state index >= 15 is 0 Å². The molecule has 0 amide bonds. The van der Waals surface area contributed by atoms with Crippen LogP contribution in [0.5, 0.6) is 0 Å². The standard InChI is InChI=1S/C14H15BrO3/c1-2-3-4-13(16)12(14(17)18)9-10-5-7-11(15)8-6-10/h5-9H,2-4H2,1H3,(H,17,18)/b12-9-. The van der Waals surface area contributed by atoms with E-state index in [9.17, 15) is 9.59 Å². The maximum Gasteiger partial charge on any atom is 0.339 e. The van der Waals surface area contributed by atoms with Crippen molar-refractivity contribution in [1.82, 2.24) is 0 Å². The maximum atomic E-state index is 11.8. The third-order valence-corrected chi connectivity index (χ3v) is 3.00. The van der Waals surface area contributed by atoms with Crippen LogP contribution in [0.3, 0.4) is 0 Å². The number of ketones is 1. The molecule has 0 atom stereocenters. The Labute approximate surface area is 115 Å². The monoisotopic (exact) mass is 310 g/mol. The largest absolute Gasteiger partial charge is 0.478 e. The summed E-state index contributed by atoms with van der Waals surface area (Å²) < 4.78 is 0.911. The number of rotatable bonds is 6. The van der Waals surface area contributed by atoms with E-state index in [4.69, 9.17) is 5.11 Å². The molecule has 0 spiro atoms. The van der Waals surface area contributed by atoms with E-state index in [1.807, 2.05) is 19.1 Å². The molecule has 0 aromatic heterocycles. The normalized spacial score (nSPS) is 11.3. The fourth-order valence-electron chi connectivity index (χ4n) is 1.46. The lowest BCUT2D eigenvalue weighted by molar-refractivity contribution is -0.134. The van der Waals surface area contributed by atoms with Crippen LogP contribution < -0.4 is 0 Å². The van der Waals surface area contributed by atoms with Gasteiger partial charge in [0.25, 0.3) is 0 Å². The van der Waals surface area contributed by atoms with Crippen LogP contribution in [0, 0.1) is 0 Å². The molecule has 0 aliphatic carbocycles. The molecule has 1 aromatic carbocycles. The summed E-state index contributed by atoms with van der Waals surface area (Å²) in [5.41, 5.74) is 0.561. The molecule has 1 rings (SSSR count). The van der Waals surface area contributed by atoms with E-state index in [0.717, 1.165) is 10.9 Å². The SMILES string of the molecule is CCCCC(=O)/C(=C/c1ccc(Br)cc1)C(=O)O. The Morgan fingerprint density at radius 2 is 1.89 bits per heavy atom. The molecule has 0 aliphatic heterocycles. The van der Waals surface area contributed by atoms with Gasteiger partial charge in [-0.25, -0.2) is 4.79 Å². The summed E-state index contributed by atoms with van der Waals surface area (Å²) in [4.78, 5) is 22.8. The Hall–Kier alpha value is -1.42. The molecule has 4 heteroatoms. The van der Waals surface area contributed by atoms with E-state index in [1.165, 1.54) is 6.08 Å². The molecule has 0 saturated carbocycles. The molecule has 1 aromatic rings. The molecule has 3 nitrogen and oxygen atoms in total. The fourth-order valence-corrected chi connectivity index (χ4v) is 1.72. The summed E-state index contributed by atoms with van der Waals surface area (Å²) in [6, 6.07) is 7.14. The minimum atomic E-state index is -1.17. The number of Topliss-reactive ketones (excluding diaryl/α,β-unsaturated/α-hetero) is 1. The number of aliphatic carboxylic acids is 1. The summed E-state index contributed by atoms with van der Waals surface area (Å²) in [5.74, 6) is -1.48. The van der Waals surface area contributed by atoms with E-state index in [-0.39, 0.29) is 17.8 Å². The molecular weight excluding hydrogens is 296 g/mol. The fraction of sp³-hybridized carbons (Fsp3) is 0.286. The van der Waals surface area contributed by atoms with Crippen LogP contribution in [0.15, 0.2) is 34.3 Å². The minimum Gasteiger partial charge on any atom is -0.478 e. The Morgan fingerprint density at radius 1 is 1.28 bits per heavy atom. The number of carboxylic acid groups (broad SMARTS) is 1. The second-order valence-corrected chi connectivity index (χ2v) is 4.86. The van der Waals surface area contributed by atoms with Crippen molar-refractivity contribution >= 4 is 33.8 Å². The molecule has 18 heavy (non-hydrogen) atoms. The number of hydrogen-bond donors (Lipinski definition) is 1. The summed E-state index contributed by atoms with van der Waals surface area (Å²) in [6.07, 6.45) is 3.29. The quantitative estimate of drug-likeness (QED) is 0.495. The van der Waals surface area contributed by atoms with Crippen molar-refractivity contribution in [2.75, 3.05) is 0 Å². The zero-order valence-electron chi connectivity index (χ0n) is 10.1. The van der Waals surface area contributed by atoms with Gasteiger partial charge in [0.15, 0.2) is 5.78 Å². The molecule has 0 radical (unpaired) electrons. The summed E-state index contributed by atoms with van der Waals surface area (Å²) >= 11 is 3.30. The first kappa shape index (κ1) is 14.6. The highest BCUT2D eigenvalue weighted by atomic mass is 79.9. The Kier molecular flexibility index (Phi) is 5.78. The number of carbonyl (C=O) groups excluding carboxylic acids is 1. The molecule has 0 saturated heterocycles. The van der Waals surface area contributed by atoms with Gasteiger partial charge in [0.2, 0.25) is 0 Å². The zero-order valence-corrected chi connectivity index (χ0v) is 11.7. The number of carbonyl (C=O) groups is 2. The van der Waals surface area contributed by atoms with Crippen LogP contribution in [-0.4, -0.2) is 16.9 Å². The average Bonchev–Trinajstić information content (AvgIpc) is 2.34. The van der Waals surface area contributed by atoms with Crippen molar-refractivity contribution in [3.8, 4) is 0 Å². The lowest BCUT2D eigenvalue weighted by Crippen LogP contribution is -2.11. The molecule has 96 valence electrons. The van der Waals surface area contributed by atoms with E-state index in [0.29, 0.717) is 12.0 Å². The smallest absolute Gasteiger partial charge is 0.339 e. The van der Waals surface area contributed by atoms with Gasteiger partial charge in [0.1, 0.15) is 5.57 Å². The number of unbranched alkanes of at least 4 members (excludes halogenated alkanes) is 1. The van der Waals surface area contributed by atoms with Crippen LogP contribution in [0.4, 0.5) is 0 Å². The Morgan fingerprint density at radius 3 is 2.39 bits per heavy atom. The predicted molar refractivity (Wildman–Crippen MR) is 74.3 cm³/mol. The highest BCUT2D eigenvalue weighted by Gasteiger charge is 2.16. The highest BCUT2D eigenvalue weighted by molar-refractivity contribution is 9.10. The van der Waals surface area contributed by atoms with Gasteiger partial charge in [-0.15, -0.1) is 0 Å². The predicted octanol–water partition coefficient (Wildman–Crippen LogP) is 3.68. The van der Waals surface area contributed by atoms with Crippen LogP contribution in [0.2, 0.25) is 0 Å². The van der Waals surface area contributed by atoms with Crippen molar-refractivity contribution in [2.45, 2.75) is 26.2 Å². The van der Waals surface area contributed by atoms with Gasteiger partial charge in [-0.2, -0.15) is 0 Å². The minimum absolute atomic E-state index is 0.147. The van der Waals surface area contributed by atoms with E-state index in [2.05, 4.69) is 15.9 Å². The van der Waals surface area contributed by atoms with Gasteiger partial charge >= 0.3 is 5.97 Å². The molecule has 0 bridgehead atoms. The third-order valence-electron chi connectivity index (χ3n) is 2.47. The first-order valence-electron chi connectivity index (χ1n) is 5.78. The molecule has 0 heterocycles. The van der Waals surface area contributed by atoms with Crippen molar-refractivity contribution in [1.29, 1.82) is 0 Å². The first-order chi connectivity index (χ1) is 8.54. The van der Waals surface area contributed by atoms with Crippen molar-refractivity contribution in [3.63, 3.8) is 0 Å². The third kappa shape index (κ3) is 4.45.